The summed E-state index contributed by atoms with van der Waals surface area (Å²) < 4.78 is 2.10. The molecule has 4 aromatic rings. The Morgan fingerprint density at radius 3 is 2.40 bits per heavy atom. The molecule has 5 aliphatic rings. The zero-order chi connectivity index (χ0) is 43.6. The van der Waals surface area contributed by atoms with Crippen molar-refractivity contribution in [1.29, 1.82) is 0 Å². The summed E-state index contributed by atoms with van der Waals surface area (Å²) in [5.41, 5.74) is 3.87. The van der Waals surface area contributed by atoms with E-state index < -0.39 is 29.7 Å². The molecule has 0 spiro atoms. The number of imide groups is 2. The zero-order valence-electron chi connectivity index (χ0n) is 35.6. The molecule has 1 unspecified atom stereocenters. The Labute approximate surface area is 365 Å². The number of benzene rings is 1. The number of nitrogens with one attached hydrogen (secondary N) is 4. The van der Waals surface area contributed by atoms with Gasteiger partial charge in [-0.3, -0.25) is 39.0 Å². The van der Waals surface area contributed by atoms with Crippen LogP contribution in [0.1, 0.15) is 107 Å². The molecule has 6 amide bonds. The second kappa shape index (κ2) is 18.2. The van der Waals surface area contributed by atoms with Crippen LogP contribution in [0.5, 0.6) is 0 Å². The molecule has 18 heteroatoms. The first kappa shape index (κ1) is 42.0. The fourth-order valence-corrected chi connectivity index (χ4v) is 9.75. The number of aryl methyl sites for hydroxylation is 1. The summed E-state index contributed by atoms with van der Waals surface area (Å²) in [6, 6.07) is 9.60. The third-order valence-corrected chi connectivity index (χ3v) is 13.5. The van der Waals surface area contributed by atoms with Crippen LogP contribution in [0.4, 0.5) is 11.5 Å². The Morgan fingerprint density at radius 1 is 0.841 bits per heavy atom. The molecular formula is C45H54N12O6. The van der Waals surface area contributed by atoms with E-state index in [0.717, 1.165) is 112 Å². The van der Waals surface area contributed by atoms with Gasteiger partial charge in [-0.25, -0.2) is 19.9 Å². The SMILES string of the molecule is Cc1cccc(C(=O)NC2CC(n3cnc4c(NCCC5CCN(CC6CCN(C(=O)CCNc7ccc8c(c7)C(=O)N(C7CCC(=O)NC7=O)C8=O)CC6)CC5)ncnc43)C2)n1. The molecule has 4 aliphatic heterocycles. The highest BCUT2D eigenvalue weighted by Crippen LogP contribution is 2.35. The second-order valence-electron chi connectivity index (χ2n) is 17.7. The van der Waals surface area contributed by atoms with Crippen LogP contribution in [-0.2, 0) is 14.4 Å². The van der Waals surface area contributed by atoms with Crippen LogP contribution in [0.15, 0.2) is 49.1 Å². The number of pyridine rings is 1. The van der Waals surface area contributed by atoms with Crippen LogP contribution in [-0.4, -0.2) is 133 Å². The second-order valence-corrected chi connectivity index (χ2v) is 17.7. The van der Waals surface area contributed by atoms with Crippen LogP contribution in [0.25, 0.3) is 11.2 Å². The Morgan fingerprint density at radius 2 is 1.62 bits per heavy atom. The van der Waals surface area contributed by atoms with Crippen LogP contribution in [0.2, 0.25) is 0 Å². The van der Waals surface area contributed by atoms with Gasteiger partial charge >= 0.3 is 0 Å². The third-order valence-electron chi connectivity index (χ3n) is 13.5. The van der Waals surface area contributed by atoms with Crippen molar-refractivity contribution in [2.24, 2.45) is 11.8 Å². The van der Waals surface area contributed by atoms with Gasteiger partial charge in [0.15, 0.2) is 11.5 Å². The number of rotatable bonds is 14. The molecule has 18 nitrogen and oxygen atoms in total. The monoisotopic (exact) mass is 858 g/mol. The van der Waals surface area contributed by atoms with E-state index in [1.807, 2.05) is 30.3 Å². The summed E-state index contributed by atoms with van der Waals surface area (Å²) >= 11 is 0. The predicted octanol–water partition coefficient (Wildman–Crippen LogP) is 3.32. The topological polar surface area (TPSA) is 217 Å². The number of fused-ring (bicyclic) bond motifs is 2. The van der Waals surface area contributed by atoms with Gasteiger partial charge in [0.25, 0.3) is 17.7 Å². The molecule has 63 heavy (non-hydrogen) atoms. The lowest BCUT2D eigenvalue weighted by molar-refractivity contribution is -0.136. The Bertz CT molecular complexity index is 2420. The summed E-state index contributed by atoms with van der Waals surface area (Å²) in [4.78, 5) is 99.5. The number of aromatic nitrogens is 5. The summed E-state index contributed by atoms with van der Waals surface area (Å²) in [5.74, 6) is -0.251. The van der Waals surface area contributed by atoms with Gasteiger partial charge in [-0.15, -0.1) is 0 Å². The molecule has 1 aliphatic carbocycles. The van der Waals surface area contributed by atoms with Crippen molar-refractivity contribution >= 4 is 58.1 Å². The predicted molar refractivity (Wildman–Crippen MR) is 232 cm³/mol. The van der Waals surface area contributed by atoms with E-state index in [0.29, 0.717) is 36.2 Å². The van der Waals surface area contributed by atoms with Crippen molar-refractivity contribution in [2.75, 3.05) is 56.4 Å². The summed E-state index contributed by atoms with van der Waals surface area (Å²) in [6.07, 6.45) is 10.9. The number of likely N-dealkylation sites (tertiary alicyclic amines) is 2. The number of imidazole rings is 1. The lowest BCUT2D eigenvalue weighted by Crippen LogP contribution is -2.54. The molecule has 3 saturated heterocycles. The maximum Gasteiger partial charge on any atom is 0.270 e. The highest BCUT2D eigenvalue weighted by molar-refractivity contribution is 6.23. The molecule has 1 atom stereocenters. The number of amides is 6. The van der Waals surface area contributed by atoms with E-state index in [1.54, 1.807) is 30.6 Å². The van der Waals surface area contributed by atoms with E-state index in [9.17, 15) is 28.8 Å². The number of piperidine rings is 3. The standard InChI is InChI=1S/C45H54N12O6/c1-27-3-2-4-35(51-27)42(60)52-31-21-32(22-31)56-26-50-39-40(48-25-49-41(39)56)47-15-9-28-11-17-54(18-12-28)24-29-13-19-55(20-14-29)38(59)10-16-46-30-5-6-33-34(23-30)45(63)57(44(33)62)36-7-8-37(58)53-43(36)61/h2-6,23,25-26,28-29,31-32,36,46H,7-22,24H2,1H3,(H,52,60)(H,47,48,49)(H,53,58,61). The van der Waals surface area contributed by atoms with Crippen LogP contribution in [0.3, 0.4) is 0 Å². The maximum atomic E-state index is 13.2. The molecule has 3 aromatic heterocycles. The van der Waals surface area contributed by atoms with Crippen molar-refractivity contribution in [2.45, 2.75) is 89.3 Å². The average molecular weight is 859 g/mol. The van der Waals surface area contributed by atoms with Crippen molar-refractivity contribution in [3.8, 4) is 0 Å². The fourth-order valence-electron chi connectivity index (χ4n) is 9.75. The van der Waals surface area contributed by atoms with Gasteiger partial charge in [0.1, 0.15) is 23.6 Å². The summed E-state index contributed by atoms with van der Waals surface area (Å²) in [5, 5.41) is 12.1. The summed E-state index contributed by atoms with van der Waals surface area (Å²) in [7, 11) is 0. The fraction of sp³-hybridized carbons (Fsp3) is 0.511. The highest BCUT2D eigenvalue weighted by atomic mass is 16.2. The molecule has 7 heterocycles. The number of hydrogen-bond acceptors (Lipinski definition) is 13. The maximum absolute atomic E-state index is 13.2. The number of carbonyl (C=O) groups excluding carboxylic acids is 6. The van der Waals surface area contributed by atoms with Crippen molar-refractivity contribution < 1.29 is 28.8 Å². The van der Waals surface area contributed by atoms with Gasteiger partial charge in [0, 0.05) is 69.0 Å². The van der Waals surface area contributed by atoms with E-state index in [4.69, 9.17) is 0 Å². The normalized spacial score (nSPS) is 22.2. The minimum atomic E-state index is -1.01. The zero-order valence-corrected chi connectivity index (χ0v) is 35.6. The van der Waals surface area contributed by atoms with Gasteiger partial charge in [-0.1, -0.05) is 6.07 Å². The first-order valence-corrected chi connectivity index (χ1v) is 22.3. The smallest absolute Gasteiger partial charge is 0.270 e. The largest absolute Gasteiger partial charge is 0.385 e. The Balaban J connectivity index is 0.653. The van der Waals surface area contributed by atoms with Crippen LogP contribution < -0.4 is 21.3 Å². The third kappa shape index (κ3) is 9.12. The van der Waals surface area contributed by atoms with E-state index in [-0.39, 0.29) is 47.9 Å². The minimum absolute atomic E-state index is 0.0653. The van der Waals surface area contributed by atoms with Gasteiger partial charge in [-0.05, 0) is 114 Å². The first-order valence-electron chi connectivity index (χ1n) is 22.3. The average Bonchev–Trinajstić information content (AvgIpc) is 3.80. The van der Waals surface area contributed by atoms with Crippen molar-refractivity contribution in [3.63, 3.8) is 0 Å². The molecular weight excluding hydrogens is 805 g/mol. The van der Waals surface area contributed by atoms with Gasteiger partial charge < -0.3 is 30.3 Å². The molecule has 4 N–H and O–H groups in total. The van der Waals surface area contributed by atoms with E-state index in [1.165, 1.54) is 0 Å². The quantitative estimate of drug-likeness (QED) is 0.134. The van der Waals surface area contributed by atoms with Gasteiger partial charge in [0.05, 0.1) is 17.5 Å². The summed E-state index contributed by atoms with van der Waals surface area (Å²) in [6.45, 7) is 7.80. The molecule has 4 fully saturated rings. The molecule has 0 bridgehead atoms. The molecule has 330 valence electrons. The Kier molecular flexibility index (Phi) is 12.1. The highest BCUT2D eigenvalue weighted by Gasteiger charge is 2.44. The lowest BCUT2D eigenvalue weighted by atomic mass is 9.86. The van der Waals surface area contributed by atoms with Gasteiger partial charge in [-0.2, -0.15) is 0 Å². The van der Waals surface area contributed by atoms with Crippen LogP contribution >= 0.6 is 0 Å². The van der Waals surface area contributed by atoms with E-state index in [2.05, 4.69) is 50.7 Å². The molecule has 1 saturated carbocycles. The van der Waals surface area contributed by atoms with Crippen molar-refractivity contribution in [3.05, 3.63) is 71.6 Å². The van der Waals surface area contributed by atoms with Gasteiger partial charge in [0.2, 0.25) is 17.7 Å². The molecule has 9 rings (SSSR count). The van der Waals surface area contributed by atoms with Crippen LogP contribution in [0, 0.1) is 18.8 Å². The minimum Gasteiger partial charge on any atom is -0.385 e. The number of carbonyl (C=O) groups is 6. The first-order chi connectivity index (χ1) is 30.6. The molecule has 1 aromatic carbocycles. The number of nitrogens with zero attached hydrogens (tertiary/aromatic N) is 8. The lowest BCUT2D eigenvalue weighted by Gasteiger charge is -2.37. The molecule has 0 radical (unpaired) electrons. The van der Waals surface area contributed by atoms with Crippen molar-refractivity contribution in [1.82, 2.24) is 49.8 Å². The van der Waals surface area contributed by atoms with E-state index >= 15 is 0 Å². The number of hydrogen-bond donors (Lipinski definition) is 4. The number of anilines is 2. The Hall–Kier alpha value is -6.30.